The molecule has 11 heteroatoms. The standard InChI is InChI=1S/C17H14ClF4NO4S/c18-12-1-2-15(14(7-12)17(20,21)22)28(24,25)23-4-3-10-5-13(19)6-11-8-26-9-27-16(10)11/h1-2,5-7,23H,3-4,8-9H2. The largest absolute Gasteiger partial charge is 0.467 e. The van der Waals surface area contributed by atoms with Gasteiger partial charge >= 0.3 is 6.18 Å². The zero-order valence-electron chi connectivity index (χ0n) is 14.1. The first kappa shape index (κ1) is 20.8. The molecule has 0 amide bonds. The van der Waals surface area contributed by atoms with Gasteiger partial charge in [-0.15, -0.1) is 0 Å². The van der Waals surface area contributed by atoms with Crippen molar-refractivity contribution < 1.29 is 35.5 Å². The summed E-state index contributed by atoms with van der Waals surface area (Å²) in [4.78, 5) is -0.935. The molecule has 0 atom stereocenters. The van der Waals surface area contributed by atoms with Gasteiger partial charge in [-0.2, -0.15) is 13.2 Å². The van der Waals surface area contributed by atoms with Crippen molar-refractivity contribution in [1.29, 1.82) is 0 Å². The Labute approximate surface area is 163 Å². The Morgan fingerprint density at radius 2 is 1.93 bits per heavy atom. The summed E-state index contributed by atoms with van der Waals surface area (Å²) in [6, 6.07) is 4.82. The lowest BCUT2D eigenvalue weighted by Gasteiger charge is -2.21. The Kier molecular flexibility index (Phi) is 5.85. The van der Waals surface area contributed by atoms with E-state index in [4.69, 9.17) is 21.1 Å². The van der Waals surface area contributed by atoms with Gasteiger partial charge in [0.1, 0.15) is 11.6 Å². The van der Waals surface area contributed by atoms with Crippen LogP contribution in [-0.4, -0.2) is 21.8 Å². The van der Waals surface area contributed by atoms with Crippen LogP contribution in [0.15, 0.2) is 35.2 Å². The Morgan fingerprint density at radius 1 is 1.18 bits per heavy atom. The Morgan fingerprint density at radius 3 is 2.64 bits per heavy atom. The van der Waals surface area contributed by atoms with Gasteiger partial charge in [0.15, 0.2) is 6.79 Å². The maximum absolute atomic E-state index is 13.7. The molecule has 0 unspecified atom stereocenters. The molecular formula is C17H14ClF4NO4S. The van der Waals surface area contributed by atoms with Crippen molar-refractivity contribution in [3.8, 4) is 5.75 Å². The minimum Gasteiger partial charge on any atom is -0.467 e. The normalized spacial score (nSPS) is 14.5. The molecule has 0 radical (unpaired) electrons. The van der Waals surface area contributed by atoms with Crippen molar-refractivity contribution in [2.45, 2.75) is 24.1 Å². The van der Waals surface area contributed by atoms with Crippen LogP contribution in [0, 0.1) is 5.82 Å². The van der Waals surface area contributed by atoms with Crippen molar-refractivity contribution in [2.75, 3.05) is 13.3 Å². The molecule has 0 spiro atoms. The first-order chi connectivity index (χ1) is 13.1. The summed E-state index contributed by atoms with van der Waals surface area (Å²) in [7, 11) is -4.48. The highest BCUT2D eigenvalue weighted by Crippen LogP contribution is 2.36. The second kappa shape index (κ2) is 7.86. The highest BCUT2D eigenvalue weighted by Gasteiger charge is 2.37. The van der Waals surface area contributed by atoms with Crippen molar-refractivity contribution in [1.82, 2.24) is 4.72 Å². The fourth-order valence-corrected chi connectivity index (χ4v) is 4.21. The summed E-state index contributed by atoms with van der Waals surface area (Å²) >= 11 is 5.56. The fourth-order valence-electron chi connectivity index (χ4n) is 2.80. The number of benzene rings is 2. The maximum Gasteiger partial charge on any atom is 0.417 e. The van der Waals surface area contributed by atoms with E-state index in [0.29, 0.717) is 22.9 Å². The number of halogens is 5. The van der Waals surface area contributed by atoms with E-state index in [1.807, 2.05) is 0 Å². The lowest BCUT2D eigenvalue weighted by Crippen LogP contribution is -2.28. The first-order valence-corrected chi connectivity index (χ1v) is 9.82. The third kappa shape index (κ3) is 4.57. The second-order valence-electron chi connectivity index (χ2n) is 5.95. The Bertz CT molecular complexity index is 995. The van der Waals surface area contributed by atoms with Gasteiger partial charge in [0.2, 0.25) is 10.0 Å². The van der Waals surface area contributed by atoms with Crippen LogP contribution in [0.5, 0.6) is 5.75 Å². The zero-order valence-corrected chi connectivity index (χ0v) is 15.7. The zero-order chi connectivity index (χ0) is 20.5. The summed E-state index contributed by atoms with van der Waals surface area (Å²) in [5.41, 5.74) is -0.509. The van der Waals surface area contributed by atoms with Gasteiger partial charge in [0, 0.05) is 17.1 Å². The maximum atomic E-state index is 13.7. The summed E-state index contributed by atoms with van der Waals surface area (Å²) in [5, 5.41) is -0.239. The van der Waals surface area contributed by atoms with Crippen molar-refractivity contribution in [3.05, 3.63) is 57.9 Å². The average Bonchev–Trinajstić information content (AvgIpc) is 2.60. The van der Waals surface area contributed by atoms with E-state index >= 15 is 0 Å². The van der Waals surface area contributed by atoms with Gasteiger partial charge in [-0.3, -0.25) is 0 Å². The van der Waals surface area contributed by atoms with Crippen LogP contribution in [0.1, 0.15) is 16.7 Å². The molecule has 0 bridgehead atoms. The number of fused-ring (bicyclic) bond motifs is 1. The third-order valence-corrected chi connectivity index (χ3v) is 5.73. The number of sulfonamides is 1. The minimum atomic E-state index is -4.90. The summed E-state index contributed by atoms with van der Waals surface area (Å²) in [6.45, 7) is -0.148. The molecule has 5 nitrogen and oxygen atoms in total. The molecule has 1 aliphatic rings. The topological polar surface area (TPSA) is 64.6 Å². The summed E-state index contributed by atoms with van der Waals surface area (Å²) in [5.74, 6) is -0.169. The summed E-state index contributed by atoms with van der Waals surface area (Å²) < 4.78 is 90.4. The number of hydrogen-bond donors (Lipinski definition) is 1. The average molecular weight is 440 g/mol. The molecule has 0 aliphatic carbocycles. The van der Waals surface area contributed by atoms with Gasteiger partial charge in [-0.05, 0) is 42.3 Å². The Balaban J connectivity index is 1.80. The van der Waals surface area contributed by atoms with Crippen molar-refractivity contribution in [2.24, 2.45) is 0 Å². The molecule has 0 aromatic heterocycles. The smallest absolute Gasteiger partial charge is 0.417 e. The second-order valence-corrected chi connectivity index (χ2v) is 8.12. The highest BCUT2D eigenvalue weighted by molar-refractivity contribution is 7.89. The van der Waals surface area contributed by atoms with Crippen LogP contribution in [0.3, 0.4) is 0 Å². The molecule has 3 rings (SSSR count). The molecule has 1 aliphatic heterocycles. The number of alkyl halides is 3. The number of ether oxygens (including phenoxy) is 2. The molecule has 1 N–H and O–H groups in total. The van der Waals surface area contributed by atoms with Gasteiger partial charge in [0.05, 0.1) is 17.1 Å². The molecule has 152 valence electrons. The SMILES string of the molecule is O=S(=O)(NCCc1cc(F)cc2c1OCOC2)c1ccc(Cl)cc1C(F)(F)F. The van der Waals surface area contributed by atoms with E-state index in [1.54, 1.807) is 0 Å². The van der Waals surface area contributed by atoms with Crippen molar-refractivity contribution in [3.63, 3.8) is 0 Å². The van der Waals surface area contributed by atoms with Crippen LogP contribution in [0.4, 0.5) is 17.6 Å². The van der Waals surface area contributed by atoms with E-state index in [-0.39, 0.29) is 31.4 Å². The molecule has 28 heavy (non-hydrogen) atoms. The van der Waals surface area contributed by atoms with E-state index in [9.17, 15) is 26.0 Å². The third-order valence-electron chi connectivity index (χ3n) is 3.97. The fraction of sp³-hybridized carbons (Fsp3) is 0.294. The lowest BCUT2D eigenvalue weighted by molar-refractivity contribution is -0.139. The number of hydrogen-bond acceptors (Lipinski definition) is 4. The molecule has 2 aromatic rings. The molecular weight excluding hydrogens is 426 g/mol. The first-order valence-electron chi connectivity index (χ1n) is 7.96. The predicted molar refractivity (Wildman–Crippen MR) is 92.0 cm³/mol. The minimum absolute atomic E-state index is 0.00820. The van der Waals surface area contributed by atoms with Gasteiger partial charge in [-0.25, -0.2) is 17.5 Å². The number of rotatable bonds is 5. The highest BCUT2D eigenvalue weighted by atomic mass is 35.5. The van der Waals surface area contributed by atoms with Crippen LogP contribution in [0.25, 0.3) is 0 Å². The van der Waals surface area contributed by atoms with Crippen LogP contribution in [0.2, 0.25) is 5.02 Å². The van der Waals surface area contributed by atoms with E-state index in [1.165, 1.54) is 12.1 Å². The van der Waals surface area contributed by atoms with Crippen LogP contribution in [-0.2, 0) is 34.0 Å². The van der Waals surface area contributed by atoms with Gasteiger partial charge in [0.25, 0.3) is 0 Å². The van der Waals surface area contributed by atoms with E-state index in [2.05, 4.69) is 4.72 Å². The van der Waals surface area contributed by atoms with Gasteiger partial charge in [-0.1, -0.05) is 11.6 Å². The van der Waals surface area contributed by atoms with Crippen molar-refractivity contribution >= 4 is 21.6 Å². The lowest BCUT2D eigenvalue weighted by atomic mass is 10.1. The summed E-state index contributed by atoms with van der Waals surface area (Å²) in [6.07, 6.45) is -4.89. The monoisotopic (exact) mass is 439 g/mol. The van der Waals surface area contributed by atoms with Crippen LogP contribution >= 0.6 is 11.6 Å². The molecule has 0 fully saturated rings. The quantitative estimate of drug-likeness (QED) is 0.718. The predicted octanol–water partition coefficient (Wildman–Crippen LogP) is 3.89. The van der Waals surface area contributed by atoms with Crippen LogP contribution < -0.4 is 9.46 Å². The molecule has 0 saturated carbocycles. The molecule has 2 aromatic carbocycles. The molecule has 0 saturated heterocycles. The van der Waals surface area contributed by atoms with E-state index in [0.717, 1.165) is 12.1 Å². The molecule has 1 heterocycles. The Hall–Kier alpha value is -1.88. The van der Waals surface area contributed by atoms with Gasteiger partial charge < -0.3 is 9.47 Å². The number of nitrogens with one attached hydrogen (secondary N) is 1. The van der Waals surface area contributed by atoms with E-state index < -0.39 is 32.5 Å².